The summed E-state index contributed by atoms with van der Waals surface area (Å²) in [6, 6.07) is 111. The molecule has 7 nitrogen and oxygen atoms in total. The van der Waals surface area contributed by atoms with Crippen LogP contribution in [0, 0.1) is 0 Å². The van der Waals surface area contributed by atoms with Crippen LogP contribution in [0.15, 0.2) is 309 Å². The molecule has 0 fully saturated rings. The monoisotopic (exact) mass is 1120 g/mol. The summed E-state index contributed by atoms with van der Waals surface area (Å²) < 4.78 is 9.22. The lowest BCUT2D eigenvalue weighted by molar-refractivity contribution is 0.893. The van der Waals surface area contributed by atoms with Crippen molar-refractivity contribution in [2.45, 2.75) is 0 Å². The lowest BCUT2D eigenvalue weighted by Gasteiger charge is -2.14. The van der Waals surface area contributed by atoms with Gasteiger partial charge in [0.25, 0.3) is 0 Å². The molecule has 0 N–H and O–H groups in total. The van der Waals surface area contributed by atoms with E-state index in [1.54, 1.807) is 0 Å². The molecule has 18 rings (SSSR count). The van der Waals surface area contributed by atoms with Gasteiger partial charge in [-0.1, -0.05) is 218 Å². The van der Waals surface area contributed by atoms with E-state index in [2.05, 4.69) is 328 Å². The van der Waals surface area contributed by atoms with Gasteiger partial charge in [-0.3, -0.25) is 9.13 Å². The minimum absolute atomic E-state index is 0.521. The summed E-state index contributed by atoms with van der Waals surface area (Å²) in [6.07, 6.45) is 0. The van der Waals surface area contributed by atoms with Crippen molar-refractivity contribution >= 4 is 87.2 Å². The highest BCUT2D eigenvalue weighted by Gasteiger charge is 2.23. The van der Waals surface area contributed by atoms with Gasteiger partial charge in [0.15, 0.2) is 5.82 Å². The van der Waals surface area contributed by atoms with Crippen molar-refractivity contribution in [1.82, 2.24) is 33.2 Å². The summed E-state index contributed by atoms with van der Waals surface area (Å²) in [6.45, 7) is 0. The standard InChI is InChI=1S/C81H51N7/c1-4-21-52(22-5-1)61-29-10-11-30-62(61)57-23-20-24-58(47-57)79-82-80(87-73-37-18-14-33-65(73)69-48-53(41-45-75(69)87)55-39-43-67-63-31-12-16-35-71(63)85(77(67)50-55)59-25-6-2-7-26-59)84-81(83-79)88-74-38-19-15-34-66(74)70-49-54(42-46-76(70)88)56-40-44-68-64-32-13-17-36-72(64)86(78(68)51-56)60-27-8-3-9-28-60/h1-51H. The van der Waals surface area contributed by atoms with Gasteiger partial charge in [0, 0.05) is 60.0 Å². The fraction of sp³-hybridized carbons (Fsp3) is 0. The Morgan fingerprint density at radius 2 is 0.523 bits per heavy atom. The summed E-state index contributed by atoms with van der Waals surface area (Å²) in [7, 11) is 0. The summed E-state index contributed by atoms with van der Waals surface area (Å²) in [5.74, 6) is 1.60. The number of fused-ring (bicyclic) bond motifs is 12. The van der Waals surface area contributed by atoms with Crippen molar-refractivity contribution in [3.05, 3.63) is 309 Å². The maximum absolute atomic E-state index is 5.62. The summed E-state index contributed by atoms with van der Waals surface area (Å²) in [4.78, 5) is 16.7. The lowest BCUT2D eigenvalue weighted by Crippen LogP contribution is -2.10. The molecule has 0 unspecified atom stereocenters. The predicted octanol–water partition coefficient (Wildman–Crippen LogP) is 20.6. The molecule has 0 saturated carbocycles. The number of aromatic nitrogens is 7. The molecule has 0 bridgehead atoms. The maximum Gasteiger partial charge on any atom is 0.240 e. The fourth-order valence-corrected chi connectivity index (χ4v) is 13.9. The third-order valence-corrected chi connectivity index (χ3v) is 17.8. The van der Waals surface area contributed by atoms with Gasteiger partial charge >= 0.3 is 0 Å². The first-order valence-corrected chi connectivity index (χ1v) is 29.9. The molecule has 88 heavy (non-hydrogen) atoms. The van der Waals surface area contributed by atoms with Crippen LogP contribution in [-0.4, -0.2) is 33.2 Å². The summed E-state index contributed by atoms with van der Waals surface area (Å²) in [5.41, 5.74) is 20.8. The Hall–Kier alpha value is -11.9. The van der Waals surface area contributed by atoms with E-state index in [4.69, 9.17) is 15.0 Å². The highest BCUT2D eigenvalue weighted by Crippen LogP contribution is 2.42. The Kier molecular flexibility index (Phi) is 11.2. The Morgan fingerprint density at radius 1 is 0.182 bits per heavy atom. The molecule has 0 aliphatic rings. The zero-order chi connectivity index (χ0) is 57.8. The van der Waals surface area contributed by atoms with Crippen LogP contribution in [0.3, 0.4) is 0 Å². The van der Waals surface area contributed by atoms with E-state index in [1.165, 1.54) is 32.6 Å². The van der Waals surface area contributed by atoms with Crippen molar-refractivity contribution in [2.24, 2.45) is 0 Å². The zero-order valence-corrected chi connectivity index (χ0v) is 47.6. The normalized spacial score (nSPS) is 11.9. The van der Waals surface area contributed by atoms with Gasteiger partial charge in [0.2, 0.25) is 11.9 Å². The highest BCUT2D eigenvalue weighted by atomic mass is 15.3. The van der Waals surface area contributed by atoms with Crippen LogP contribution in [0.4, 0.5) is 0 Å². The first kappa shape index (κ1) is 49.5. The van der Waals surface area contributed by atoms with Crippen LogP contribution >= 0.6 is 0 Å². The molecule has 0 spiro atoms. The van der Waals surface area contributed by atoms with Gasteiger partial charge in [-0.05, 0) is 136 Å². The number of rotatable bonds is 9. The minimum Gasteiger partial charge on any atom is -0.309 e. The second-order valence-electron chi connectivity index (χ2n) is 22.8. The van der Waals surface area contributed by atoms with Gasteiger partial charge in [-0.25, -0.2) is 0 Å². The topological polar surface area (TPSA) is 58.4 Å². The minimum atomic E-state index is 0.521. The smallest absolute Gasteiger partial charge is 0.240 e. The molecule has 0 aliphatic carbocycles. The maximum atomic E-state index is 5.62. The Bertz CT molecular complexity index is 5520. The first-order chi connectivity index (χ1) is 43.6. The molecule has 0 atom stereocenters. The predicted molar refractivity (Wildman–Crippen MR) is 364 cm³/mol. The van der Waals surface area contributed by atoms with E-state index in [0.717, 1.165) is 116 Å². The van der Waals surface area contributed by atoms with Crippen LogP contribution in [-0.2, 0) is 0 Å². The quantitative estimate of drug-likeness (QED) is 0.145. The average Bonchev–Trinajstić information content (AvgIpc) is 2.08. The zero-order valence-electron chi connectivity index (χ0n) is 47.6. The molecule has 410 valence electrons. The van der Waals surface area contributed by atoms with Crippen molar-refractivity contribution in [1.29, 1.82) is 0 Å². The van der Waals surface area contributed by atoms with Gasteiger partial charge in [-0.15, -0.1) is 0 Å². The molecular weight excluding hydrogens is 1070 g/mol. The van der Waals surface area contributed by atoms with Crippen molar-refractivity contribution in [2.75, 3.05) is 0 Å². The van der Waals surface area contributed by atoms with E-state index < -0.39 is 0 Å². The molecule has 5 heterocycles. The molecule has 0 radical (unpaired) electrons. The number of benzene rings is 13. The molecule has 13 aromatic carbocycles. The van der Waals surface area contributed by atoms with Crippen LogP contribution < -0.4 is 0 Å². The summed E-state index contributed by atoms with van der Waals surface area (Å²) >= 11 is 0. The molecule has 5 aromatic heterocycles. The van der Waals surface area contributed by atoms with E-state index in [9.17, 15) is 0 Å². The van der Waals surface area contributed by atoms with Gasteiger partial charge in [0.05, 0.1) is 44.1 Å². The average molecular weight is 1120 g/mol. The van der Waals surface area contributed by atoms with Crippen LogP contribution in [0.2, 0.25) is 0 Å². The second-order valence-corrected chi connectivity index (χ2v) is 22.8. The Labute approximate surface area is 506 Å². The number of nitrogens with zero attached hydrogens (tertiary/aromatic N) is 7. The lowest BCUT2D eigenvalue weighted by atomic mass is 9.94. The van der Waals surface area contributed by atoms with Gasteiger partial charge in [-0.2, -0.15) is 15.0 Å². The van der Waals surface area contributed by atoms with Crippen LogP contribution in [0.1, 0.15) is 0 Å². The van der Waals surface area contributed by atoms with E-state index >= 15 is 0 Å². The van der Waals surface area contributed by atoms with E-state index in [-0.39, 0.29) is 0 Å². The number of hydrogen-bond donors (Lipinski definition) is 0. The third-order valence-electron chi connectivity index (χ3n) is 17.8. The Morgan fingerprint density at radius 3 is 1.01 bits per heavy atom. The van der Waals surface area contributed by atoms with Crippen LogP contribution in [0.5, 0.6) is 0 Å². The first-order valence-electron chi connectivity index (χ1n) is 29.9. The molecule has 7 heteroatoms. The summed E-state index contributed by atoms with van der Waals surface area (Å²) in [5, 5.41) is 9.32. The van der Waals surface area contributed by atoms with Gasteiger partial charge < -0.3 is 9.13 Å². The molecule has 0 aliphatic heterocycles. The third kappa shape index (κ3) is 7.81. The van der Waals surface area contributed by atoms with Crippen molar-refractivity contribution in [3.63, 3.8) is 0 Å². The second kappa shape index (κ2) is 19.8. The van der Waals surface area contributed by atoms with Gasteiger partial charge in [0.1, 0.15) is 0 Å². The van der Waals surface area contributed by atoms with E-state index in [1.807, 2.05) is 0 Å². The number of para-hydroxylation sites is 6. The fourth-order valence-electron chi connectivity index (χ4n) is 13.9. The highest BCUT2D eigenvalue weighted by molar-refractivity contribution is 6.14. The molecule has 18 aromatic rings. The molecule has 0 amide bonds. The molecular formula is C81H51N7. The SMILES string of the molecule is c1ccc(-c2ccccc2-c2cccc(-c3nc(-n4c5ccccc5c5cc(-c6ccc7c8ccccc8n(-c8ccccc8)c7c6)ccc54)nc(-n4c5ccccc5c5cc(-c6ccc7c8ccccc8n(-c8ccccc8)c7c6)ccc54)n3)c2)cc1. The van der Waals surface area contributed by atoms with Crippen molar-refractivity contribution < 1.29 is 0 Å². The van der Waals surface area contributed by atoms with E-state index in [0.29, 0.717) is 17.7 Å². The van der Waals surface area contributed by atoms with Crippen LogP contribution in [0.25, 0.3) is 166 Å². The number of hydrogen-bond acceptors (Lipinski definition) is 3. The largest absolute Gasteiger partial charge is 0.309 e. The van der Waals surface area contributed by atoms with Crippen molar-refractivity contribution in [3.8, 4) is 79.2 Å². The Balaban J connectivity index is 0.833. The molecule has 0 saturated heterocycles.